The molecule has 1 heterocycles. The van der Waals surface area contributed by atoms with E-state index in [1.54, 1.807) is 0 Å². The van der Waals surface area contributed by atoms with Crippen molar-refractivity contribution in [2.45, 2.75) is 24.6 Å². The number of phosphoric ester groups is 1. The monoisotopic (exact) mass is 339 g/mol. The molecule has 0 radical (unpaired) electrons. The molecule has 0 bridgehead atoms. The highest BCUT2D eigenvalue weighted by Gasteiger charge is 2.34. The van der Waals surface area contributed by atoms with Crippen LogP contribution in [0.5, 0.6) is 0 Å². The van der Waals surface area contributed by atoms with Crippen molar-refractivity contribution in [2.24, 2.45) is 0 Å². The van der Waals surface area contributed by atoms with Crippen LogP contribution in [0.1, 0.15) is 6.42 Å². The summed E-state index contributed by atoms with van der Waals surface area (Å²) in [6.45, 7) is 2.59. The maximum atomic E-state index is 11.2. The Hall–Kier alpha value is 0.0149. The third-order valence-electron chi connectivity index (χ3n) is 3.32. The van der Waals surface area contributed by atoms with Crippen LogP contribution in [0.3, 0.4) is 0 Å². The second-order valence-corrected chi connectivity index (χ2v) is 7.03. The molecule has 130 valence electrons. The van der Waals surface area contributed by atoms with Crippen LogP contribution >= 0.6 is 7.82 Å². The number of hydrogen-bond donors (Lipinski definition) is 1. The molecule has 0 aliphatic carbocycles. The largest absolute Gasteiger partial charge is 0.472 e. The van der Waals surface area contributed by atoms with Crippen LogP contribution < -0.4 is 0 Å². The molecule has 0 amide bonds. The SMILES string of the molecule is B[C@@H]1O[C@H](COP(=O)(O)OC)C[C@H]1OCCOCCN(C)C. The first-order chi connectivity index (χ1) is 10.3. The molecule has 1 aliphatic heterocycles. The first-order valence-corrected chi connectivity index (χ1v) is 8.86. The van der Waals surface area contributed by atoms with Gasteiger partial charge >= 0.3 is 7.82 Å². The number of likely N-dealkylation sites (N-methyl/N-ethyl adjacent to an activating group) is 1. The van der Waals surface area contributed by atoms with Crippen LogP contribution in [0.25, 0.3) is 0 Å². The lowest BCUT2D eigenvalue weighted by molar-refractivity contribution is -0.0166. The number of nitrogens with zero attached hydrogens (tertiary/aromatic N) is 1. The summed E-state index contributed by atoms with van der Waals surface area (Å²) in [6, 6.07) is -0.0870. The summed E-state index contributed by atoms with van der Waals surface area (Å²) < 4.78 is 37.2. The van der Waals surface area contributed by atoms with E-state index < -0.39 is 7.82 Å². The fourth-order valence-corrected chi connectivity index (χ4v) is 2.51. The van der Waals surface area contributed by atoms with Gasteiger partial charge in [-0.05, 0) is 14.1 Å². The molecule has 0 aromatic rings. The predicted molar refractivity (Wildman–Crippen MR) is 83.7 cm³/mol. The van der Waals surface area contributed by atoms with Crippen LogP contribution in [-0.2, 0) is 27.8 Å². The highest BCUT2D eigenvalue weighted by atomic mass is 31.2. The molecule has 10 heteroatoms. The van der Waals surface area contributed by atoms with Crippen molar-refractivity contribution in [1.29, 1.82) is 0 Å². The summed E-state index contributed by atoms with van der Waals surface area (Å²) >= 11 is 0. The van der Waals surface area contributed by atoms with E-state index in [0.717, 1.165) is 13.7 Å². The average molecular weight is 339 g/mol. The van der Waals surface area contributed by atoms with Crippen molar-refractivity contribution >= 4 is 15.7 Å². The van der Waals surface area contributed by atoms with E-state index in [-0.39, 0.29) is 24.8 Å². The van der Waals surface area contributed by atoms with Gasteiger partial charge in [0.1, 0.15) is 7.85 Å². The number of phosphoric acid groups is 1. The van der Waals surface area contributed by atoms with E-state index in [4.69, 9.17) is 18.7 Å². The standard InChI is InChI=1S/C12H27BNO7P/c1-14(2)4-5-18-6-7-19-11-8-10(21-12(11)13)9-20-22(15,16)17-3/h10-12H,4-9,13H2,1-3H3,(H,15,16)/t10-,11+,12+/m0/s1. The maximum absolute atomic E-state index is 11.2. The summed E-state index contributed by atoms with van der Waals surface area (Å²) in [7, 11) is 3.07. The van der Waals surface area contributed by atoms with Crippen molar-refractivity contribution in [1.82, 2.24) is 4.90 Å². The van der Waals surface area contributed by atoms with E-state index >= 15 is 0 Å². The number of rotatable bonds is 11. The van der Waals surface area contributed by atoms with E-state index in [1.165, 1.54) is 0 Å². The van der Waals surface area contributed by atoms with Crippen molar-refractivity contribution < 1.29 is 32.7 Å². The van der Waals surface area contributed by atoms with Gasteiger partial charge in [-0.25, -0.2) is 4.57 Å². The minimum atomic E-state index is -3.95. The first-order valence-electron chi connectivity index (χ1n) is 7.36. The molecule has 1 fully saturated rings. The Kier molecular flexibility index (Phi) is 9.12. The van der Waals surface area contributed by atoms with Gasteiger partial charge in [-0.2, -0.15) is 0 Å². The lowest BCUT2D eigenvalue weighted by atomic mass is 9.94. The molecule has 8 nitrogen and oxygen atoms in total. The van der Waals surface area contributed by atoms with Gasteiger partial charge in [0.25, 0.3) is 0 Å². The van der Waals surface area contributed by atoms with Gasteiger partial charge in [-0.15, -0.1) is 0 Å². The van der Waals surface area contributed by atoms with Crippen LogP contribution in [0.4, 0.5) is 0 Å². The van der Waals surface area contributed by atoms with Crippen molar-refractivity contribution in [3.63, 3.8) is 0 Å². The third kappa shape index (κ3) is 8.03. The zero-order valence-corrected chi connectivity index (χ0v) is 14.7. The van der Waals surface area contributed by atoms with Gasteiger partial charge in [0, 0.05) is 20.1 Å². The highest BCUT2D eigenvalue weighted by molar-refractivity contribution is 7.47. The molecule has 1 saturated heterocycles. The summed E-state index contributed by atoms with van der Waals surface area (Å²) in [5.41, 5.74) is 0. The minimum Gasteiger partial charge on any atom is -0.379 e. The summed E-state index contributed by atoms with van der Waals surface area (Å²) in [6.07, 6.45) is 0.278. The molecule has 1 aliphatic rings. The highest BCUT2D eigenvalue weighted by Crippen LogP contribution is 2.42. The van der Waals surface area contributed by atoms with E-state index in [2.05, 4.69) is 9.42 Å². The Bertz CT molecular complexity index is 360. The van der Waals surface area contributed by atoms with E-state index in [1.807, 2.05) is 21.9 Å². The van der Waals surface area contributed by atoms with Crippen LogP contribution in [0.15, 0.2) is 0 Å². The maximum Gasteiger partial charge on any atom is 0.472 e. The fraction of sp³-hybridized carbons (Fsp3) is 1.00. The van der Waals surface area contributed by atoms with Crippen LogP contribution in [-0.4, -0.2) is 90.0 Å². The summed E-state index contributed by atoms with van der Waals surface area (Å²) in [5.74, 6) is 0. The normalized spacial score (nSPS) is 28.1. The van der Waals surface area contributed by atoms with Crippen LogP contribution in [0.2, 0.25) is 0 Å². The van der Waals surface area contributed by atoms with Crippen molar-refractivity contribution in [3.8, 4) is 0 Å². The molecule has 4 atom stereocenters. The molecular weight excluding hydrogens is 312 g/mol. The predicted octanol–water partition coefficient (Wildman–Crippen LogP) is -0.539. The molecule has 1 N–H and O–H groups in total. The van der Waals surface area contributed by atoms with Gasteiger partial charge in [0.2, 0.25) is 0 Å². The van der Waals surface area contributed by atoms with Gasteiger partial charge in [0.15, 0.2) is 0 Å². The molecule has 1 unspecified atom stereocenters. The van der Waals surface area contributed by atoms with Gasteiger partial charge in [0.05, 0.1) is 44.6 Å². The fourth-order valence-electron chi connectivity index (χ4n) is 2.05. The molecule has 0 spiro atoms. The Labute approximate surface area is 133 Å². The third-order valence-corrected chi connectivity index (χ3v) is 4.26. The molecule has 0 saturated carbocycles. The topological polar surface area (TPSA) is 86.7 Å². The molecular formula is C12H27BNO7P. The summed E-state index contributed by atoms with van der Waals surface area (Å²) in [5, 5.41) is 0. The second-order valence-electron chi connectivity index (χ2n) is 5.47. The van der Waals surface area contributed by atoms with E-state index in [0.29, 0.717) is 26.2 Å². The lowest BCUT2D eigenvalue weighted by Crippen LogP contribution is -2.26. The molecule has 1 rings (SSSR count). The minimum absolute atomic E-state index is 0.00511. The Morgan fingerprint density at radius 1 is 1.36 bits per heavy atom. The van der Waals surface area contributed by atoms with Crippen LogP contribution in [0, 0.1) is 0 Å². The van der Waals surface area contributed by atoms with Gasteiger partial charge in [-0.1, -0.05) is 0 Å². The number of ether oxygens (including phenoxy) is 3. The van der Waals surface area contributed by atoms with Crippen molar-refractivity contribution in [3.05, 3.63) is 0 Å². The summed E-state index contributed by atoms with van der Waals surface area (Å²) in [4.78, 5) is 11.2. The lowest BCUT2D eigenvalue weighted by Gasteiger charge is -2.15. The molecule has 0 aromatic carbocycles. The zero-order valence-electron chi connectivity index (χ0n) is 13.8. The molecule has 0 aromatic heterocycles. The average Bonchev–Trinajstić information content (AvgIpc) is 2.81. The van der Waals surface area contributed by atoms with E-state index in [9.17, 15) is 9.46 Å². The first kappa shape index (κ1) is 20.1. The van der Waals surface area contributed by atoms with Gasteiger partial charge in [-0.3, -0.25) is 9.05 Å². The smallest absolute Gasteiger partial charge is 0.379 e. The molecule has 22 heavy (non-hydrogen) atoms. The second kappa shape index (κ2) is 10.00. The van der Waals surface area contributed by atoms with Crippen molar-refractivity contribution in [2.75, 3.05) is 54.2 Å². The zero-order chi connectivity index (χ0) is 16.6. The Morgan fingerprint density at radius 2 is 2.09 bits per heavy atom. The Balaban J connectivity index is 2.14. The quantitative estimate of drug-likeness (QED) is 0.305. The van der Waals surface area contributed by atoms with Gasteiger partial charge < -0.3 is 24.0 Å². The number of hydrogen-bond acceptors (Lipinski definition) is 7. The Morgan fingerprint density at radius 3 is 2.73 bits per heavy atom.